The molecule has 0 bridgehead atoms. The van der Waals surface area contributed by atoms with Crippen molar-refractivity contribution in [1.29, 1.82) is 0 Å². The fourth-order valence-corrected chi connectivity index (χ4v) is 2.87. The van der Waals surface area contributed by atoms with Crippen LogP contribution >= 0.6 is 0 Å². The molecule has 8 heteroatoms. The standard InChI is InChI=1S/C16H14F3NO4/c1-15(23-2)8-9(7-12(24-15)16(17,18)19)20-13(21)10-5-3-4-6-11(10)14(20)22/h3-7,9H,8H2,1-2H3/t9-,15-/m0/s1. The minimum Gasteiger partial charge on any atom is -0.458 e. The topological polar surface area (TPSA) is 55.8 Å². The molecule has 3 rings (SSSR count). The molecule has 0 fully saturated rings. The van der Waals surface area contributed by atoms with Crippen molar-refractivity contribution in [3.8, 4) is 0 Å². The molecule has 24 heavy (non-hydrogen) atoms. The summed E-state index contributed by atoms with van der Waals surface area (Å²) >= 11 is 0. The van der Waals surface area contributed by atoms with E-state index in [0.29, 0.717) is 0 Å². The highest BCUT2D eigenvalue weighted by Gasteiger charge is 2.49. The zero-order chi connectivity index (χ0) is 17.7. The number of methoxy groups -OCH3 is 1. The molecule has 2 amide bonds. The summed E-state index contributed by atoms with van der Waals surface area (Å²) in [4.78, 5) is 25.8. The third kappa shape index (κ3) is 2.56. The van der Waals surface area contributed by atoms with E-state index in [4.69, 9.17) is 9.47 Å². The first-order chi connectivity index (χ1) is 11.2. The van der Waals surface area contributed by atoms with Gasteiger partial charge in [-0.15, -0.1) is 0 Å². The van der Waals surface area contributed by atoms with Crippen LogP contribution in [-0.4, -0.2) is 41.8 Å². The Morgan fingerprint density at radius 1 is 1.21 bits per heavy atom. The van der Waals surface area contributed by atoms with Crippen molar-refractivity contribution in [2.75, 3.05) is 7.11 Å². The van der Waals surface area contributed by atoms with Gasteiger partial charge in [-0.25, -0.2) is 0 Å². The van der Waals surface area contributed by atoms with Crippen molar-refractivity contribution in [3.05, 3.63) is 47.2 Å². The highest BCUT2D eigenvalue weighted by atomic mass is 19.4. The van der Waals surface area contributed by atoms with E-state index in [2.05, 4.69) is 0 Å². The predicted molar refractivity (Wildman–Crippen MR) is 76.0 cm³/mol. The van der Waals surface area contributed by atoms with E-state index < -0.39 is 35.6 Å². The van der Waals surface area contributed by atoms with E-state index in [-0.39, 0.29) is 17.5 Å². The number of rotatable bonds is 2. The Morgan fingerprint density at radius 3 is 2.21 bits per heavy atom. The van der Waals surface area contributed by atoms with Crippen molar-refractivity contribution >= 4 is 11.8 Å². The van der Waals surface area contributed by atoms with Gasteiger partial charge in [-0.1, -0.05) is 12.1 Å². The van der Waals surface area contributed by atoms with Gasteiger partial charge in [0.25, 0.3) is 11.8 Å². The molecule has 0 aromatic heterocycles. The molecule has 0 saturated carbocycles. The number of carbonyl (C=O) groups is 2. The van der Waals surface area contributed by atoms with Crippen LogP contribution in [0.25, 0.3) is 0 Å². The fourth-order valence-electron chi connectivity index (χ4n) is 2.87. The average molecular weight is 341 g/mol. The molecular weight excluding hydrogens is 327 g/mol. The second-order valence-electron chi connectivity index (χ2n) is 5.77. The second-order valence-corrected chi connectivity index (χ2v) is 5.77. The molecule has 2 aliphatic heterocycles. The third-order valence-electron chi connectivity index (χ3n) is 4.12. The van der Waals surface area contributed by atoms with E-state index >= 15 is 0 Å². The molecular formula is C16H14F3NO4. The molecule has 1 aromatic rings. The number of carbonyl (C=O) groups excluding carboxylic acids is 2. The maximum absolute atomic E-state index is 13.1. The highest BCUT2D eigenvalue weighted by Crippen LogP contribution is 2.39. The number of benzene rings is 1. The van der Waals surface area contributed by atoms with Crippen LogP contribution in [0, 0.1) is 0 Å². The Hall–Kier alpha value is -2.35. The van der Waals surface area contributed by atoms with E-state index in [1.54, 1.807) is 12.1 Å². The van der Waals surface area contributed by atoms with Gasteiger partial charge in [0, 0.05) is 20.5 Å². The minimum absolute atomic E-state index is 0.103. The van der Waals surface area contributed by atoms with Crippen molar-refractivity contribution in [2.24, 2.45) is 0 Å². The normalized spacial score (nSPS) is 27.0. The minimum atomic E-state index is -4.75. The molecule has 128 valence electrons. The summed E-state index contributed by atoms with van der Waals surface area (Å²) in [5.74, 6) is -4.13. The number of hydrogen-bond donors (Lipinski definition) is 0. The van der Waals surface area contributed by atoms with Crippen LogP contribution in [0.1, 0.15) is 34.1 Å². The first-order valence-corrected chi connectivity index (χ1v) is 7.16. The lowest BCUT2D eigenvalue weighted by molar-refractivity contribution is -0.243. The zero-order valence-corrected chi connectivity index (χ0v) is 12.9. The van der Waals surface area contributed by atoms with Gasteiger partial charge >= 0.3 is 6.18 Å². The third-order valence-corrected chi connectivity index (χ3v) is 4.12. The predicted octanol–water partition coefficient (Wildman–Crippen LogP) is 2.88. The SMILES string of the molecule is CO[C@]1(C)C[C@@H](N2C(=O)c3ccccc3C2=O)C=C(C(F)(F)F)O1. The molecule has 0 saturated heterocycles. The van der Waals surface area contributed by atoms with Crippen molar-refractivity contribution in [2.45, 2.75) is 31.3 Å². The Labute approximate surface area is 135 Å². The first kappa shape index (κ1) is 16.5. The number of ether oxygens (including phenoxy) is 2. The van der Waals surface area contributed by atoms with E-state index in [1.807, 2.05) is 0 Å². The summed E-state index contributed by atoms with van der Waals surface area (Å²) in [6.45, 7) is 1.33. The Kier molecular flexibility index (Phi) is 3.67. The number of hydrogen-bond acceptors (Lipinski definition) is 4. The second kappa shape index (κ2) is 5.34. The molecule has 0 unspecified atom stereocenters. The lowest BCUT2D eigenvalue weighted by Gasteiger charge is -2.39. The first-order valence-electron chi connectivity index (χ1n) is 7.16. The quantitative estimate of drug-likeness (QED) is 0.776. The van der Waals surface area contributed by atoms with Crippen LogP contribution in [-0.2, 0) is 9.47 Å². The van der Waals surface area contributed by atoms with Gasteiger partial charge < -0.3 is 9.47 Å². The summed E-state index contributed by atoms with van der Waals surface area (Å²) in [6.07, 6.45) is -4.10. The van der Waals surface area contributed by atoms with E-state index in [1.165, 1.54) is 26.2 Å². The molecule has 0 spiro atoms. The van der Waals surface area contributed by atoms with Gasteiger partial charge in [0.1, 0.15) is 0 Å². The Bertz CT molecular complexity index is 708. The number of allylic oxidation sites excluding steroid dienone is 1. The van der Waals surface area contributed by atoms with Gasteiger partial charge in [0.05, 0.1) is 17.2 Å². The molecule has 1 aromatic carbocycles. The summed E-state index contributed by atoms with van der Waals surface area (Å²) < 4.78 is 49.2. The van der Waals surface area contributed by atoms with E-state index in [9.17, 15) is 22.8 Å². The fraction of sp³-hybridized carbons (Fsp3) is 0.375. The van der Waals surface area contributed by atoms with Crippen LogP contribution in [0.5, 0.6) is 0 Å². The number of amides is 2. The maximum atomic E-state index is 13.1. The lowest BCUT2D eigenvalue weighted by atomic mass is 10.0. The summed E-state index contributed by atoms with van der Waals surface area (Å²) in [6, 6.07) is 5.01. The van der Waals surface area contributed by atoms with Crippen LogP contribution in [0.2, 0.25) is 0 Å². The molecule has 2 aliphatic rings. The van der Waals surface area contributed by atoms with Gasteiger partial charge in [0.15, 0.2) is 0 Å². The van der Waals surface area contributed by atoms with Crippen LogP contribution in [0.4, 0.5) is 13.2 Å². The van der Waals surface area contributed by atoms with Gasteiger partial charge in [-0.2, -0.15) is 13.2 Å². The Morgan fingerprint density at radius 2 is 1.75 bits per heavy atom. The molecule has 2 heterocycles. The number of alkyl halides is 3. The van der Waals surface area contributed by atoms with Gasteiger partial charge in [0.2, 0.25) is 11.5 Å². The monoisotopic (exact) mass is 341 g/mol. The summed E-state index contributed by atoms with van der Waals surface area (Å²) in [5, 5.41) is 0. The number of fused-ring (bicyclic) bond motifs is 1. The van der Waals surface area contributed by atoms with Crippen molar-refractivity contribution in [1.82, 2.24) is 4.90 Å². The summed E-state index contributed by atoms with van der Waals surface area (Å²) in [7, 11) is 1.21. The summed E-state index contributed by atoms with van der Waals surface area (Å²) in [5.41, 5.74) is 0.352. The Balaban J connectivity index is 2.02. The van der Waals surface area contributed by atoms with Crippen molar-refractivity contribution < 1.29 is 32.2 Å². The molecule has 0 radical (unpaired) electrons. The average Bonchev–Trinajstić information content (AvgIpc) is 2.78. The van der Waals surface area contributed by atoms with Crippen LogP contribution < -0.4 is 0 Å². The smallest absolute Gasteiger partial charge is 0.448 e. The van der Waals surface area contributed by atoms with Gasteiger partial charge in [-0.05, 0) is 18.2 Å². The molecule has 0 N–H and O–H groups in total. The zero-order valence-electron chi connectivity index (χ0n) is 12.9. The van der Waals surface area contributed by atoms with Crippen LogP contribution in [0.3, 0.4) is 0 Å². The number of halogens is 3. The molecule has 5 nitrogen and oxygen atoms in total. The number of imide groups is 1. The van der Waals surface area contributed by atoms with E-state index in [0.717, 1.165) is 11.0 Å². The molecule has 2 atom stereocenters. The van der Waals surface area contributed by atoms with Crippen LogP contribution in [0.15, 0.2) is 36.1 Å². The van der Waals surface area contributed by atoms with Crippen molar-refractivity contribution in [3.63, 3.8) is 0 Å². The largest absolute Gasteiger partial charge is 0.458 e. The maximum Gasteiger partial charge on any atom is 0.448 e. The number of nitrogens with zero attached hydrogens (tertiary/aromatic N) is 1. The lowest BCUT2D eigenvalue weighted by Crippen LogP contribution is -2.49. The molecule has 0 aliphatic carbocycles. The van der Waals surface area contributed by atoms with Gasteiger partial charge in [-0.3, -0.25) is 14.5 Å². The highest BCUT2D eigenvalue weighted by molar-refractivity contribution is 6.21.